The highest BCUT2D eigenvalue weighted by molar-refractivity contribution is 5.35. The number of aromatic nitrogens is 2. The molecule has 0 fully saturated rings. The first-order chi connectivity index (χ1) is 9.56. The summed E-state index contributed by atoms with van der Waals surface area (Å²) >= 11 is 0. The van der Waals surface area contributed by atoms with Gasteiger partial charge in [-0.1, -0.05) is 13.0 Å². The summed E-state index contributed by atoms with van der Waals surface area (Å²) < 4.78 is 20.7. The van der Waals surface area contributed by atoms with Gasteiger partial charge in [0.1, 0.15) is 0 Å². The van der Waals surface area contributed by atoms with E-state index in [4.69, 9.17) is 4.74 Å². The van der Waals surface area contributed by atoms with Crippen LogP contribution in [0.4, 0.5) is 4.39 Å². The van der Waals surface area contributed by atoms with Gasteiger partial charge in [0, 0.05) is 7.05 Å². The van der Waals surface area contributed by atoms with E-state index < -0.39 is 0 Å². The Hall–Kier alpha value is -1.88. The number of halogens is 1. The van der Waals surface area contributed by atoms with Gasteiger partial charge in [-0.25, -0.2) is 4.39 Å². The van der Waals surface area contributed by atoms with Crippen molar-refractivity contribution in [3.8, 4) is 5.75 Å². The van der Waals surface area contributed by atoms with Gasteiger partial charge in [0.2, 0.25) is 0 Å². The van der Waals surface area contributed by atoms with Crippen molar-refractivity contribution in [3.63, 3.8) is 0 Å². The Balaban J connectivity index is 2.43. The second-order valence-electron chi connectivity index (χ2n) is 4.72. The molecule has 5 heteroatoms. The summed E-state index contributed by atoms with van der Waals surface area (Å²) in [6, 6.07) is 6.95. The molecule has 1 atom stereocenters. The van der Waals surface area contributed by atoms with Gasteiger partial charge in [-0.3, -0.25) is 4.68 Å². The van der Waals surface area contributed by atoms with Crippen LogP contribution in [0.5, 0.6) is 5.75 Å². The molecule has 0 aliphatic carbocycles. The topological polar surface area (TPSA) is 39.1 Å². The zero-order chi connectivity index (χ0) is 14.7. The minimum atomic E-state index is -0.355. The van der Waals surface area contributed by atoms with Gasteiger partial charge in [-0.2, -0.15) is 5.10 Å². The van der Waals surface area contributed by atoms with E-state index >= 15 is 0 Å². The summed E-state index contributed by atoms with van der Waals surface area (Å²) in [5.41, 5.74) is 2.81. The van der Waals surface area contributed by atoms with Crippen LogP contribution in [0.25, 0.3) is 0 Å². The third-order valence-corrected chi connectivity index (χ3v) is 3.25. The van der Waals surface area contributed by atoms with Gasteiger partial charge in [0.05, 0.1) is 24.5 Å². The summed E-state index contributed by atoms with van der Waals surface area (Å²) in [5.74, 6) is -0.100. The molecule has 1 N–H and O–H groups in total. The minimum absolute atomic E-state index is 0.0911. The van der Waals surface area contributed by atoms with E-state index in [9.17, 15) is 4.39 Å². The van der Waals surface area contributed by atoms with Crippen LogP contribution in [0.3, 0.4) is 0 Å². The van der Waals surface area contributed by atoms with Crippen molar-refractivity contribution >= 4 is 0 Å². The van der Waals surface area contributed by atoms with E-state index in [0.717, 1.165) is 23.5 Å². The number of methoxy groups -OCH3 is 1. The molecular weight excluding hydrogens is 257 g/mol. The number of nitrogens with zero attached hydrogens (tertiary/aromatic N) is 2. The minimum Gasteiger partial charge on any atom is -0.494 e. The van der Waals surface area contributed by atoms with Crippen LogP contribution >= 0.6 is 0 Å². The Morgan fingerprint density at radius 1 is 1.40 bits per heavy atom. The molecule has 1 unspecified atom stereocenters. The van der Waals surface area contributed by atoms with Crippen molar-refractivity contribution < 1.29 is 9.13 Å². The molecule has 2 aromatic rings. The summed E-state index contributed by atoms with van der Waals surface area (Å²) in [5, 5.41) is 7.72. The fraction of sp³-hybridized carbons (Fsp3) is 0.400. The van der Waals surface area contributed by atoms with E-state index in [2.05, 4.69) is 10.4 Å². The van der Waals surface area contributed by atoms with E-state index in [0.29, 0.717) is 0 Å². The van der Waals surface area contributed by atoms with Gasteiger partial charge in [0.15, 0.2) is 11.6 Å². The highest BCUT2D eigenvalue weighted by Gasteiger charge is 2.18. The molecular formula is C15H20FN3O. The predicted octanol–water partition coefficient (Wildman–Crippen LogP) is 2.58. The average molecular weight is 277 g/mol. The van der Waals surface area contributed by atoms with Crippen LogP contribution in [-0.2, 0) is 7.05 Å². The number of nitrogens with one attached hydrogen (secondary N) is 1. The fourth-order valence-corrected chi connectivity index (χ4v) is 2.36. The number of ether oxygens (including phenoxy) is 1. The molecule has 0 spiro atoms. The van der Waals surface area contributed by atoms with Crippen LogP contribution in [0, 0.1) is 12.7 Å². The Labute approximate surface area is 118 Å². The molecule has 0 saturated heterocycles. The molecule has 2 rings (SSSR count). The quantitative estimate of drug-likeness (QED) is 0.913. The Kier molecular flexibility index (Phi) is 4.39. The summed E-state index contributed by atoms with van der Waals surface area (Å²) in [6.07, 6.45) is 0. The van der Waals surface area contributed by atoms with Crippen LogP contribution in [0.1, 0.15) is 29.9 Å². The average Bonchev–Trinajstić information content (AvgIpc) is 2.74. The SMILES string of the molecule is CCNC(c1ccc(OC)c(F)c1)c1cc(C)nn1C. The first kappa shape index (κ1) is 14.5. The number of hydrogen-bond donors (Lipinski definition) is 1. The van der Waals surface area contributed by atoms with Crippen molar-refractivity contribution in [2.45, 2.75) is 19.9 Å². The standard InChI is InChI=1S/C15H20FN3O/c1-5-17-15(13-8-10(2)18-19(13)3)11-6-7-14(20-4)12(16)9-11/h6-9,15,17H,5H2,1-4H3. The molecule has 0 radical (unpaired) electrons. The van der Waals surface area contributed by atoms with Crippen molar-refractivity contribution in [2.75, 3.05) is 13.7 Å². The second-order valence-corrected chi connectivity index (χ2v) is 4.72. The van der Waals surface area contributed by atoms with Crippen molar-refractivity contribution in [1.82, 2.24) is 15.1 Å². The molecule has 0 saturated carbocycles. The number of benzene rings is 1. The largest absolute Gasteiger partial charge is 0.494 e. The van der Waals surface area contributed by atoms with Crippen molar-refractivity contribution in [2.24, 2.45) is 7.05 Å². The monoisotopic (exact) mass is 277 g/mol. The van der Waals surface area contributed by atoms with Crippen LogP contribution in [-0.4, -0.2) is 23.4 Å². The lowest BCUT2D eigenvalue weighted by Gasteiger charge is -2.19. The van der Waals surface area contributed by atoms with Gasteiger partial charge < -0.3 is 10.1 Å². The first-order valence-corrected chi connectivity index (χ1v) is 6.64. The molecule has 0 amide bonds. The molecule has 0 bridgehead atoms. The smallest absolute Gasteiger partial charge is 0.165 e. The number of hydrogen-bond acceptors (Lipinski definition) is 3. The van der Waals surface area contributed by atoms with Gasteiger partial charge in [-0.05, 0) is 37.2 Å². The number of rotatable bonds is 5. The number of aryl methyl sites for hydroxylation is 2. The highest BCUT2D eigenvalue weighted by atomic mass is 19.1. The Morgan fingerprint density at radius 3 is 2.65 bits per heavy atom. The second kappa shape index (κ2) is 6.05. The first-order valence-electron chi connectivity index (χ1n) is 6.64. The normalized spacial score (nSPS) is 12.4. The summed E-state index contributed by atoms with van der Waals surface area (Å²) in [6.45, 7) is 4.75. The molecule has 0 aliphatic heterocycles. The Morgan fingerprint density at radius 2 is 2.15 bits per heavy atom. The maximum absolute atomic E-state index is 13.9. The maximum atomic E-state index is 13.9. The summed E-state index contributed by atoms with van der Waals surface area (Å²) in [7, 11) is 3.36. The molecule has 4 nitrogen and oxygen atoms in total. The van der Waals surface area contributed by atoms with Gasteiger partial charge in [-0.15, -0.1) is 0 Å². The zero-order valence-electron chi connectivity index (χ0n) is 12.3. The van der Waals surface area contributed by atoms with E-state index in [1.807, 2.05) is 37.7 Å². The molecule has 1 heterocycles. The van der Waals surface area contributed by atoms with Crippen LogP contribution in [0.15, 0.2) is 24.3 Å². The van der Waals surface area contributed by atoms with Gasteiger partial charge >= 0.3 is 0 Å². The van der Waals surface area contributed by atoms with E-state index in [1.54, 1.807) is 6.07 Å². The highest BCUT2D eigenvalue weighted by Crippen LogP contribution is 2.26. The molecule has 0 aliphatic rings. The van der Waals surface area contributed by atoms with Crippen molar-refractivity contribution in [1.29, 1.82) is 0 Å². The molecule has 1 aromatic carbocycles. The van der Waals surface area contributed by atoms with E-state index in [-0.39, 0.29) is 17.6 Å². The van der Waals surface area contributed by atoms with Crippen LogP contribution in [0.2, 0.25) is 0 Å². The molecule has 20 heavy (non-hydrogen) atoms. The maximum Gasteiger partial charge on any atom is 0.165 e. The predicted molar refractivity (Wildman–Crippen MR) is 76.4 cm³/mol. The van der Waals surface area contributed by atoms with Gasteiger partial charge in [0.25, 0.3) is 0 Å². The molecule has 1 aromatic heterocycles. The summed E-state index contributed by atoms with van der Waals surface area (Å²) in [4.78, 5) is 0. The lowest BCUT2D eigenvalue weighted by molar-refractivity contribution is 0.385. The third kappa shape index (κ3) is 2.82. The fourth-order valence-electron chi connectivity index (χ4n) is 2.36. The third-order valence-electron chi connectivity index (χ3n) is 3.25. The Bertz CT molecular complexity index is 595. The van der Waals surface area contributed by atoms with Crippen LogP contribution < -0.4 is 10.1 Å². The zero-order valence-corrected chi connectivity index (χ0v) is 12.3. The van der Waals surface area contributed by atoms with E-state index in [1.165, 1.54) is 13.2 Å². The lowest BCUT2D eigenvalue weighted by atomic mass is 10.0. The lowest BCUT2D eigenvalue weighted by Crippen LogP contribution is -2.24. The molecule has 108 valence electrons. The van der Waals surface area contributed by atoms with Crippen molar-refractivity contribution in [3.05, 3.63) is 47.0 Å².